The molecule has 0 saturated carbocycles. The van der Waals surface area contributed by atoms with E-state index in [1.54, 1.807) is 30.3 Å². The van der Waals surface area contributed by atoms with Gasteiger partial charge in [-0.3, -0.25) is 14.8 Å². The van der Waals surface area contributed by atoms with E-state index in [-0.39, 0.29) is 11.6 Å². The van der Waals surface area contributed by atoms with Gasteiger partial charge in [-0.2, -0.15) is 0 Å². The van der Waals surface area contributed by atoms with Gasteiger partial charge in [-0.05, 0) is 51.5 Å². The van der Waals surface area contributed by atoms with Gasteiger partial charge in [0.1, 0.15) is 5.56 Å². The number of rotatable bonds is 9. The zero-order valence-electron chi connectivity index (χ0n) is 16.2. The summed E-state index contributed by atoms with van der Waals surface area (Å²) < 4.78 is 1.06. The summed E-state index contributed by atoms with van der Waals surface area (Å²) in [5.41, 5.74) is -0.885. The largest absolute Gasteiger partial charge is 0.493 e. The van der Waals surface area contributed by atoms with Gasteiger partial charge >= 0.3 is 5.69 Å². The molecule has 0 bridgehead atoms. The minimum absolute atomic E-state index is 0.0106. The minimum Gasteiger partial charge on any atom is -0.493 e. The number of para-hydroxylation sites is 1. The number of nitrogens with zero attached hydrogens (tertiary/aromatic N) is 3. The molecule has 1 aromatic heterocycles. The Hall–Kier alpha value is -2.67. The maximum absolute atomic E-state index is 12.1. The number of aromatic amines is 1. The van der Waals surface area contributed by atoms with Crippen LogP contribution in [0.4, 0.5) is 0 Å². The lowest BCUT2D eigenvalue weighted by atomic mass is 10.2. The maximum atomic E-state index is 12.1. The van der Waals surface area contributed by atoms with Crippen molar-refractivity contribution in [2.75, 3.05) is 19.6 Å². The highest BCUT2D eigenvalue weighted by Gasteiger charge is 2.14. The first-order valence-electron chi connectivity index (χ1n) is 9.37. The fourth-order valence-electron chi connectivity index (χ4n) is 2.90. The van der Waals surface area contributed by atoms with E-state index in [2.05, 4.69) is 28.7 Å². The SMILES string of the molecule is CCN(CC)CCC[C@@H](C)N=Cc1c(O)n(-c2ccccc2)c(=O)[nH]c1=O. The molecular formula is C20H28N4O3. The van der Waals surface area contributed by atoms with Gasteiger partial charge < -0.3 is 10.0 Å². The van der Waals surface area contributed by atoms with Crippen LogP contribution in [-0.2, 0) is 0 Å². The lowest BCUT2D eigenvalue weighted by Gasteiger charge is -2.18. The molecule has 27 heavy (non-hydrogen) atoms. The predicted octanol–water partition coefficient (Wildman–Crippen LogP) is 2.16. The van der Waals surface area contributed by atoms with E-state index in [1.165, 1.54) is 6.21 Å². The van der Waals surface area contributed by atoms with Crippen LogP contribution in [0.3, 0.4) is 0 Å². The highest BCUT2D eigenvalue weighted by molar-refractivity contribution is 5.82. The van der Waals surface area contributed by atoms with Gasteiger partial charge in [0.25, 0.3) is 5.56 Å². The van der Waals surface area contributed by atoms with E-state index < -0.39 is 17.1 Å². The Morgan fingerprint density at radius 2 is 1.89 bits per heavy atom. The molecule has 0 unspecified atom stereocenters. The fourth-order valence-corrected chi connectivity index (χ4v) is 2.90. The van der Waals surface area contributed by atoms with Crippen LogP contribution in [0.25, 0.3) is 5.69 Å². The van der Waals surface area contributed by atoms with Crippen molar-refractivity contribution >= 4 is 6.21 Å². The molecule has 0 aliphatic heterocycles. The first kappa shape index (κ1) is 20.6. The van der Waals surface area contributed by atoms with Crippen molar-refractivity contribution in [3.8, 4) is 11.6 Å². The molecule has 0 amide bonds. The Morgan fingerprint density at radius 3 is 2.52 bits per heavy atom. The third-order valence-electron chi connectivity index (χ3n) is 4.58. The molecule has 2 aromatic rings. The second-order valence-electron chi connectivity index (χ2n) is 6.46. The Labute approximate surface area is 159 Å². The normalized spacial score (nSPS) is 12.7. The zero-order chi connectivity index (χ0) is 19.8. The summed E-state index contributed by atoms with van der Waals surface area (Å²) in [6.07, 6.45) is 3.24. The molecule has 0 saturated heterocycles. The molecule has 7 heteroatoms. The average molecular weight is 372 g/mol. The van der Waals surface area contributed by atoms with E-state index in [1.807, 2.05) is 6.92 Å². The Morgan fingerprint density at radius 1 is 1.22 bits per heavy atom. The van der Waals surface area contributed by atoms with E-state index in [4.69, 9.17) is 0 Å². The quantitative estimate of drug-likeness (QED) is 0.660. The Kier molecular flexibility index (Phi) is 7.55. The number of hydrogen-bond donors (Lipinski definition) is 2. The molecule has 0 radical (unpaired) electrons. The maximum Gasteiger partial charge on any atom is 0.335 e. The van der Waals surface area contributed by atoms with Gasteiger partial charge in [-0.25, -0.2) is 9.36 Å². The van der Waals surface area contributed by atoms with Gasteiger partial charge in [0.2, 0.25) is 5.88 Å². The van der Waals surface area contributed by atoms with Gasteiger partial charge in [-0.1, -0.05) is 32.0 Å². The molecule has 2 rings (SSSR count). The summed E-state index contributed by atoms with van der Waals surface area (Å²) in [5.74, 6) is -0.408. The molecule has 1 heterocycles. The number of aromatic nitrogens is 2. The van der Waals surface area contributed by atoms with Crippen LogP contribution in [0.2, 0.25) is 0 Å². The van der Waals surface area contributed by atoms with Gasteiger partial charge in [0, 0.05) is 12.3 Å². The lowest BCUT2D eigenvalue weighted by molar-refractivity contribution is 0.294. The summed E-state index contributed by atoms with van der Waals surface area (Å²) in [4.78, 5) is 33.2. The lowest BCUT2D eigenvalue weighted by Crippen LogP contribution is -2.31. The van der Waals surface area contributed by atoms with Crippen LogP contribution in [0.5, 0.6) is 5.88 Å². The van der Waals surface area contributed by atoms with E-state index in [0.717, 1.165) is 37.0 Å². The van der Waals surface area contributed by atoms with Gasteiger partial charge in [-0.15, -0.1) is 0 Å². The van der Waals surface area contributed by atoms with Crippen LogP contribution in [0, 0.1) is 0 Å². The predicted molar refractivity (Wildman–Crippen MR) is 108 cm³/mol. The fraction of sp³-hybridized carbons (Fsp3) is 0.450. The summed E-state index contributed by atoms with van der Waals surface area (Å²) >= 11 is 0. The molecule has 7 nitrogen and oxygen atoms in total. The van der Waals surface area contributed by atoms with Crippen LogP contribution < -0.4 is 11.2 Å². The van der Waals surface area contributed by atoms with Crippen molar-refractivity contribution < 1.29 is 5.11 Å². The van der Waals surface area contributed by atoms with Crippen LogP contribution in [0.15, 0.2) is 44.9 Å². The van der Waals surface area contributed by atoms with Crippen molar-refractivity contribution in [1.29, 1.82) is 0 Å². The van der Waals surface area contributed by atoms with Crippen molar-refractivity contribution in [1.82, 2.24) is 14.5 Å². The molecule has 1 atom stereocenters. The second kappa shape index (κ2) is 9.87. The summed E-state index contributed by atoms with van der Waals surface area (Å²) in [7, 11) is 0. The van der Waals surface area contributed by atoms with Crippen LogP contribution >= 0.6 is 0 Å². The highest BCUT2D eigenvalue weighted by atomic mass is 16.3. The van der Waals surface area contributed by atoms with Crippen LogP contribution in [0.1, 0.15) is 39.2 Å². The zero-order valence-corrected chi connectivity index (χ0v) is 16.2. The van der Waals surface area contributed by atoms with E-state index >= 15 is 0 Å². The number of aliphatic imine (C=N–C) groups is 1. The number of H-pyrrole nitrogens is 1. The number of benzene rings is 1. The van der Waals surface area contributed by atoms with Gasteiger partial charge in [0.15, 0.2) is 0 Å². The molecule has 0 aliphatic rings. The molecule has 0 fully saturated rings. The third-order valence-corrected chi connectivity index (χ3v) is 4.58. The summed E-state index contributed by atoms with van der Waals surface area (Å²) in [5, 5.41) is 10.5. The number of nitrogens with one attached hydrogen (secondary N) is 1. The second-order valence-corrected chi connectivity index (χ2v) is 6.46. The summed E-state index contributed by atoms with van der Waals surface area (Å²) in [6, 6.07) is 8.67. The smallest absolute Gasteiger partial charge is 0.335 e. The topological polar surface area (TPSA) is 90.7 Å². The monoisotopic (exact) mass is 372 g/mol. The Balaban J connectivity index is 2.18. The average Bonchev–Trinajstić information content (AvgIpc) is 2.65. The molecule has 0 aliphatic carbocycles. The van der Waals surface area contributed by atoms with Crippen molar-refractivity contribution in [3.05, 3.63) is 56.7 Å². The Bertz CT molecular complexity index is 867. The molecule has 2 N–H and O–H groups in total. The highest BCUT2D eigenvalue weighted by Crippen LogP contribution is 2.15. The minimum atomic E-state index is -0.687. The van der Waals surface area contributed by atoms with Gasteiger partial charge in [0.05, 0.1) is 5.69 Å². The number of hydrogen-bond acceptors (Lipinski definition) is 5. The summed E-state index contributed by atoms with van der Waals surface area (Å²) in [6.45, 7) is 9.31. The third kappa shape index (κ3) is 5.40. The van der Waals surface area contributed by atoms with Crippen LogP contribution in [-0.4, -0.2) is 51.4 Å². The molecule has 146 valence electrons. The van der Waals surface area contributed by atoms with Crippen molar-refractivity contribution in [2.45, 2.75) is 39.7 Å². The first-order chi connectivity index (χ1) is 13.0. The van der Waals surface area contributed by atoms with E-state index in [9.17, 15) is 14.7 Å². The standard InChI is InChI=1S/C20H28N4O3/c1-4-23(5-2)13-9-10-15(3)21-14-17-18(25)22-20(27)24(19(17)26)16-11-7-6-8-12-16/h6-8,11-12,14-15,26H,4-5,9-10,13H2,1-3H3,(H,22,25,27)/t15-/m1/s1. The molecule has 0 spiro atoms. The molecule has 1 aromatic carbocycles. The first-order valence-corrected chi connectivity index (χ1v) is 9.37. The number of aromatic hydroxyl groups is 1. The van der Waals surface area contributed by atoms with Crippen molar-refractivity contribution in [3.63, 3.8) is 0 Å². The van der Waals surface area contributed by atoms with E-state index in [0.29, 0.717) is 5.69 Å². The molecular weight excluding hydrogens is 344 g/mol. The van der Waals surface area contributed by atoms with Crippen molar-refractivity contribution in [2.24, 2.45) is 4.99 Å².